The number of hydrogen-bond donors (Lipinski definition) is 0. The number of benzene rings is 1. The number of nitrogens with zero attached hydrogens (tertiary/aromatic N) is 4. The maximum Gasteiger partial charge on any atom is 0.437 e. The number of rotatable bonds is 5. The van der Waals surface area contributed by atoms with Crippen LogP contribution in [0.1, 0.15) is 19.0 Å². The van der Waals surface area contributed by atoms with E-state index in [-0.39, 0.29) is 5.89 Å². The van der Waals surface area contributed by atoms with Crippen molar-refractivity contribution < 1.29 is 13.9 Å². The van der Waals surface area contributed by atoms with Gasteiger partial charge in [0.05, 0.1) is 42.9 Å². The van der Waals surface area contributed by atoms with E-state index in [1.54, 1.807) is 10.9 Å². The van der Waals surface area contributed by atoms with Gasteiger partial charge < -0.3 is 13.9 Å². The van der Waals surface area contributed by atoms with E-state index >= 15 is 0 Å². The van der Waals surface area contributed by atoms with Crippen LogP contribution in [0.4, 0.5) is 0 Å². The summed E-state index contributed by atoms with van der Waals surface area (Å²) in [4.78, 5) is 12.1. The van der Waals surface area contributed by atoms with Crippen molar-refractivity contribution in [3.63, 3.8) is 0 Å². The summed E-state index contributed by atoms with van der Waals surface area (Å²) in [6.07, 6.45) is 2.17. The molecule has 3 heterocycles. The second kappa shape index (κ2) is 6.54. The molecule has 1 aliphatic rings. The molecule has 0 aliphatic carbocycles. The quantitative estimate of drug-likeness (QED) is 0.696. The molecular formula is C18H20N4O4. The zero-order valence-electron chi connectivity index (χ0n) is 14.7. The molecule has 0 saturated carbocycles. The monoisotopic (exact) mass is 356 g/mol. The summed E-state index contributed by atoms with van der Waals surface area (Å²) in [6, 6.07) is 9.75. The molecule has 0 atom stereocenters. The molecule has 8 heteroatoms. The minimum atomic E-state index is -0.674. The molecule has 0 amide bonds. The maximum atomic E-state index is 12.1. The van der Waals surface area contributed by atoms with Gasteiger partial charge in [0.15, 0.2) is 5.79 Å². The Morgan fingerprint density at radius 2 is 1.92 bits per heavy atom. The Labute approximate surface area is 150 Å². The fourth-order valence-corrected chi connectivity index (χ4v) is 3.02. The van der Waals surface area contributed by atoms with Gasteiger partial charge in [-0.25, -0.2) is 9.48 Å². The van der Waals surface area contributed by atoms with Crippen LogP contribution in [-0.2, 0) is 16.0 Å². The molecule has 0 N–H and O–H groups in total. The van der Waals surface area contributed by atoms with Crippen LogP contribution in [-0.4, -0.2) is 38.6 Å². The molecule has 136 valence electrons. The van der Waals surface area contributed by atoms with E-state index in [0.717, 1.165) is 11.4 Å². The van der Waals surface area contributed by atoms with Crippen LogP contribution in [0.3, 0.4) is 0 Å². The van der Waals surface area contributed by atoms with Crippen LogP contribution in [0.2, 0.25) is 0 Å². The Hall–Kier alpha value is -2.71. The fraction of sp³-hybridized carbons (Fsp3) is 0.389. The lowest BCUT2D eigenvalue weighted by Gasteiger charge is -2.21. The summed E-state index contributed by atoms with van der Waals surface area (Å²) in [5.74, 6) is -0.923. The largest absolute Gasteiger partial charge is 0.437 e. The van der Waals surface area contributed by atoms with Crippen molar-refractivity contribution in [1.29, 1.82) is 0 Å². The minimum Gasteiger partial charge on any atom is -0.387 e. The first-order valence-corrected chi connectivity index (χ1v) is 8.52. The lowest BCUT2D eigenvalue weighted by molar-refractivity contribution is -0.149. The number of hydrogen-bond acceptors (Lipinski definition) is 6. The number of ether oxygens (including phenoxy) is 2. The van der Waals surface area contributed by atoms with Gasteiger partial charge >= 0.3 is 5.76 Å². The van der Waals surface area contributed by atoms with Crippen molar-refractivity contribution in [3.8, 4) is 17.1 Å². The maximum absolute atomic E-state index is 12.1. The van der Waals surface area contributed by atoms with Gasteiger partial charge in [0.1, 0.15) is 0 Å². The Kier molecular flexibility index (Phi) is 4.21. The minimum absolute atomic E-state index is 0.257. The molecule has 0 radical (unpaired) electrons. The van der Waals surface area contributed by atoms with Crippen LogP contribution in [0, 0.1) is 6.92 Å². The predicted molar refractivity (Wildman–Crippen MR) is 93.0 cm³/mol. The highest BCUT2D eigenvalue weighted by atomic mass is 16.7. The summed E-state index contributed by atoms with van der Waals surface area (Å²) in [5.41, 5.74) is 2.46. The van der Waals surface area contributed by atoms with E-state index < -0.39 is 11.5 Å². The van der Waals surface area contributed by atoms with E-state index in [2.05, 4.69) is 10.2 Å². The topological polar surface area (TPSA) is 84.3 Å². The van der Waals surface area contributed by atoms with Crippen molar-refractivity contribution in [2.24, 2.45) is 0 Å². The first kappa shape index (κ1) is 16.7. The highest BCUT2D eigenvalue weighted by Crippen LogP contribution is 2.24. The molecule has 0 spiro atoms. The second-order valence-corrected chi connectivity index (χ2v) is 6.37. The fourth-order valence-electron chi connectivity index (χ4n) is 3.02. The molecule has 1 saturated heterocycles. The van der Waals surface area contributed by atoms with Gasteiger partial charge in [0.2, 0.25) is 0 Å². The Balaban J connectivity index is 1.58. The van der Waals surface area contributed by atoms with Gasteiger partial charge in [0, 0.05) is 6.42 Å². The van der Waals surface area contributed by atoms with E-state index in [1.165, 1.54) is 4.68 Å². The van der Waals surface area contributed by atoms with E-state index in [4.69, 9.17) is 13.9 Å². The van der Waals surface area contributed by atoms with Gasteiger partial charge in [-0.2, -0.15) is 9.78 Å². The highest BCUT2D eigenvalue weighted by Gasteiger charge is 2.31. The summed E-state index contributed by atoms with van der Waals surface area (Å²) in [6.45, 7) is 5.25. The average molecular weight is 356 g/mol. The SMILES string of the molecule is Cc1c(-c2nn(CCC3(C)OCCO3)c(=O)o2)cnn1-c1ccccc1. The van der Waals surface area contributed by atoms with Gasteiger partial charge in [-0.1, -0.05) is 18.2 Å². The van der Waals surface area contributed by atoms with Crippen LogP contribution >= 0.6 is 0 Å². The first-order chi connectivity index (χ1) is 12.6. The Morgan fingerprint density at radius 1 is 1.19 bits per heavy atom. The lowest BCUT2D eigenvalue weighted by Crippen LogP contribution is -2.29. The molecule has 4 rings (SSSR count). The first-order valence-electron chi connectivity index (χ1n) is 8.52. The van der Waals surface area contributed by atoms with Crippen molar-refractivity contribution >= 4 is 0 Å². The molecular weight excluding hydrogens is 336 g/mol. The van der Waals surface area contributed by atoms with Crippen molar-refractivity contribution in [2.75, 3.05) is 13.2 Å². The normalized spacial score (nSPS) is 16.2. The van der Waals surface area contributed by atoms with Gasteiger partial charge in [-0.05, 0) is 26.0 Å². The zero-order valence-corrected chi connectivity index (χ0v) is 14.7. The molecule has 8 nitrogen and oxygen atoms in total. The average Bonchev–Trinajstić information content (AvgIpc) is 3.33. The second-order valence-electron chi connectivity index (χ2n) is 6.37. The summed E-state index contributed by atoms with van der Waals surface area (Å²) in [5, 5.41) is 8.70. The smallest absolute Gasteiger partial charge is 0.387 e. The van der Waals surface area contributed by atoms with Crippen LogP contribution in [0.25, 0.3) is 17.1 Å². The third kappa shape index (κ3) is 3.09. The lowest BCUT2D eigenvalue weighted by atomic mass is 10.2. The molecule has 0 bridgehead atoms. The molecule has 0 unspecified atom stereocenters. The summed E-state index contributed by atoms with van der Waals surface area (Å²) >= 11 is 0. The summed E-state index contributed by atoms with van der Waals surface area (Å²) in [7, 11) is 0. The molecule has 1 fully saturated rings. The number of aromatic nitrogens is 4. The van der Waals surface area contributed by atoms with E-state index in [9.17, 15) is 4.79 Å². The molecule has 3 aromatic rings. The van der Waals surface area contributed by atoms with E-state index in [1.807, 2.05) is 44.2 Å². The van der Waals surface area contributed by atoms with Crippen LogP contribution in [0.5, 0.6) is 0 Å². The highest BCUT2D eigenvalue weighted by molar-refractivity contribution is 5.56. The van der Waals surface area contributed by atoms with Crippen molar-refractivity contribution in [2.45, 2.75) is 32.6 Å². The molecule has 2 aromatic heterocycles. The van der Waals surface area contributed by atoms with Crippen LogP contribution < -0.4 is 5.76 Å². The molecule has 1 aromatic carbocycles. The third-order valence-corrected chi connectivity index (χ3v) is 4.52. The van der Waals surface area contributed by atoms with E-state index in [0.29, 0.717) is 31.7 Å². The van der Waals surface area contributed by atoms with Gasteiger partial charge in [-0.3, -0.25) is 0 Å². The Morgan fingerprint density at radius 3 is 2.65 bits per heavy atom. The Bertz CT molecular complexity index is 951. The number of para-hydroxylation sites is 1. The van der Waals surface area contributed by atoms with Gasteiger partial charge in [-0.15, -0.1) is 5.10 Å². The van der Waals surface area contributed by atoms with Crippen molar-refractivity contribution in [1.82, 2.24) is 19.6 Å². The third-order valence-electron chi connectivity index (χ3n) is 4.52. The zero-order chi connectivity index (χ0) is 18.1. The standard InChI is InChI=1S/C18H20N4O4/c1-13-15(12-19-22(13)14-6-4-3-5-7-14)16-20-21(17(23)26-16)9-8-18(2)24-10-11-25-18/h3-7,12H,8-11H2,1-2H3. The summed E-state index contributed by atoms with van der Waals surface area (Å²) < 4.78 is 19.5. The molecule has 26 heavy (non-hydrogen) atoms. The van der Waals surface area contributed by atoms with Crippen molar-refractivity contribution in [3.05, 3.63) is 52.8 Å². The predicted octanol–water partition coefficient (Wildman–Crippen LogP) is 2.15. The van der Waals surface area contributed by atoms with Crippen LogP contribution in [0.15, 0.2) is 45.7 Å². The number of aryl methyl sites for hydroxylation is 1. The van der Waals surface area contributed by atoms with Gasteiger partial charge in [0.25, 0.3) is 5.89 Å². The molecule has 1 aliphatic heterocycles.